The van der Waals surface area contributed by atoms with Crippen molar-refractivity contribution >= 4 is 12.6 Å². The molecule has 3 rings (SSSR count). The van der Waals surface area contributed by atoms with Crippen LogP contribution in [0.4, 0.5) is 0 Å². The molecule has 0 radical (unpaired) electrons. The van der Waals surface area contributed by atoms with Gasteiger partial charge in [0.25, 0.3) is 0 Å². The van der Waals surface area contributed by atoms with Crippen LogP contribution in [-0.4, -0.2) is 33.5 Å². The minimum Gasteiger partial charge on any atom is -0.407 e. The normalized spacial score (nSPS) is 25.2. The van der Waals surface area contributed by atoms with Crippen LogP contribution >= 0.6 is 0 Å². The fourth-order valence-electron chi connectivity index (χ4n) is 2.58. The molecule has 2 aliphatic heterocycles. The summed E-state index contributed by atoms with van der Waals surface area (Å²) in [5.74, 6) is 0. The standard InChI is InChI=1S/C17H25BO4/c1-16(2)9-19-15(20-10-16)13-5-7-14(8-6-13)18-21-11-17(3,4)12-22-18/h5-8,15H,9-12H2,1-4H3. The highest BCUT2D eigenvalue weighted by molar-refractivity contribution is 6.61. The third kappa shape index (κ3) is 3.71. The van der Waals surface area contributed by atoms with Crippen LogP contribution < -0.4 is 5.46 Å². The lowest BCUT2D eigenvalue weighted by Gasteiger charge is -2.35. The van der Waals surface area contributed by atoms with Crippen LogP contribution in [0.5, 0.6) is 0 Å². The van der Waals surface area contributed by atoms with Crippen LogP contribution in [0.2, 0.25) is 0 Å². The molecule has 1 aromatic rings. The maximum Gasteiger partial charge on any atom is 0.493 e. The van der Waals surface area contributed by atoms with Gasteiger partial charge in [-0.25, -0.2) is 0 Å². The third-order valence-electron chi connectivity index (χ3n) is 3.98. The maximum atomic E-state index is 5.81. The van der Waals surface area contributed by atoms with E-state index in [0.29, 0.717) is 26.4 Å². The summed E-state index contributed by atoms with van der Waals surface area (Å²) in [7, 11) is -0.269. The smallest absolute Gasteiger partial charge is 0.407 e. The van der Waals surface area contributed by atoms with Crippen molar-refractivity contribution in [1.29, 1.82) is 0 Å². The molecule has 22 heavy (non-hydrogen) atoms. The van der Waals surface area contributed by atoms with Crippen LogP contribution in [0, 0.1) is 10.8 Å². The van der Waals surface area contributed by atoms with E-state index in [2.05, 4.69) is 27.7 Å². The molecule has 0 spiro atoms. The third-order valence-corrected chi connectivity index (χ3v) is 3.98. The lowest BCUT2D eigenvalue weighted by atomic mass is 9.75. The topological polar surface area (TPSA) is 36.9 Å². The van der Waals surface area contributed by atoms with E-state index in [1.807, 2.05) is 24.3 Å². The molecule has 2 aliphatic rings. The molecule has 0 saturated carbocycles. The van der Waals surface area contributed by atoms with E-state index in [4.69, 9.17) is 18.8 Å². The van der Waals surface area contributed by atoms with Crippen LogP contribution in [0.15, 0.2) is 24.3 Å². The fourth-order valence-corrected chi connectivity index (χ4v) is 2.58. The van der Waals surface area contributed by atoms with E-state index >= 15 is 0 Å². The highest BCUT2D eigenvalue weighted by atomic mass is 16.7. The van der Waals surface area contributed by atoms with Gasteiger partial charge in [-0.1, -0.05) is 52.0 Å². The second-order valence-electron chi connectivity index (χ2n) is 7.90. The van der Waals surface area contributed by atoms with E-state index in [1.165, 1.54) is 0 Å². The van der Waals surface area contributed by atoms with Crippen LogP contribution in [0.1, 0.15) is 39.5 Å². The minimum absolute atomic E-state index is 0.0903. The van der Waals surface area contributed by atoms with E-state index in [0.717, 1.165) is 11.0 Å². The highest BCUT2D eigenvalue weighted by Crippen LogP contribution is 2.30. The predicted molar refractivity (Wildman–Crippen MR) is 85.9 cm³/mol. The molecule has 0 aliphatic carbocycles. The Morgan fingerprint density at radius 2 is 1.32 bits per heavy atom. The first-order valence-electron chi connectivity index (χ1n) is 7.91. The average Bonchev–Trinajstić information content (AvgIpc) is 2.48. The van der Waals surface area contributed by atoms with Crippen molar-refractivity contribution in [3.05, 3.63) is 29.8 Å². The number of hydrogen-bond acceptors (Lipinski definition) is 4. The number of rotatable bonds is 2. The van der Waals surface area contributed by atoms with E-state index in [1.54, 1.807) is 0 Å². The van der Waals surface area contributed by atoms with Gasteiger partial charge < -0.3 is 18.8 Å². The Kier molecular flexibility index (Phi) is 4.34. The van der Waals surface area contributed by atoms with Gasteiger partial charge in [-0.3, -0.25) is 0 Å². The van der Waals surface area contributed by atoms with Crippen molar-refractivity contribution in [2.24, 2.45) is 10.8 Å². The van der Waals surface area contributed by atoms with E-state index < -0.39 is 0 Å². The largest absolute Gasteiger partial charge is 0.493 e. The number of ether oxygens (including phenoxy) is 2. The molecule has 0 atom stereocenters. The Hall–Kier alpha value is -0.875. The average molecular weight is 304 g/mol. The first kappa shape index (κ1) is 16.0. The zero-order valence-corrected chi connectivity index (χ0v) is 13.9. The van der Waals surface area contributed by atoms with Gasteiger partial charge in [-0.2, -0.15) is 0 Å². The molecule has 2 fully saturated rings. The highest BCUT2D eigenvalue weighted by Gasteiger charge is 2.34. The van der Waals surface area contributed by atoms with Crippen LogP contribution in [0.25, 0.3) is 0 Å². The first-order valence-corrected chi connectivity index (χ1v) is 7.91. The van der Waals surface area contributed by atoms with E-state index in [9.17, 15) is 0 Å². The van der Waals surface area contributed by atoms with Crippen molar-refractivity contribution in [2.45, 2.75) is 34.0 Å². The van der Waals surface area contributed by atoms with Gasteiger partial charge in [0.05, 0.1) is 13.2 Å². The summed E-state index contributed by atoms with van der Waals surface area (Å²) in [6.45, 7) is 11.4. The molecular formula is C17H25BO4. The molecule has 0 amide bonds. The number of hydrogen-bond donors (Lipinski definition) is 0. The Balaban J connectivity index is 1.61. The molecule has 1 aromatic carbocycles. The summed E-state index contributed by atoms with van der Waals surface area (Å²) < 4.78 is 23.2. The quantitative estimate of drug-likeness (QED) is 0.787. The first-order chi connectivity index (χ1) is 10.3. The molecule has 4 nitrogen and oxygen atoms in total. The molecule has 2 heterocycles. The van der Waals surface area contributed by atoms with Crippen molar-refractivity contribution < 1.29 is 18.8 Å². The summed E-state index contributed by atoms with van der Waals surface area (Å²) in [6, 6.07) is 8.13. The summed E-state index contributed by atoms with van der Waals surface area (Å²) in [5, 5.41) is 0. The van der Waals surface area contributed by atoms with Crippen molar-refractivity contribution in [3.8, 4) is 0 Å². The van der Waals surface area contributed by atoms with Gasteiger partial charge in [0.15, 0.2) is 6.29 Å². The molecule has 0 N–H and O–H groups in total. The molecule has 0 unspecified atom stereocenters. The monoisotopic (exact) mass is 304 g/mol. The molecule has 0 aromatic heterocycles. The fraction of sp³-hybridized carbons (Fsp3) is 0.647. The second-order valence-corrected chi connectivity index (χ2v) is 7.90. The second kappa shape index (κ2) is 5.97. The van der Waals surface area contributed by atoms with Gasteiger partial charge in [-0.05, 0) is 5.46 Å². The Bertz CT molecular complexity index is 445. The summed E-state index contributed by atoms with van der Waals surface area (Å²) in [4.78, 5) is 0. The Morgan fingerprint density at radius 3 is 1.86 bits per heavy atom. The Labute approximate surface area is 133 Å². The number of benzene rings is 1. The van der Waals surface area contributed by atoms with Crippen molar-refractivity contribution in [1.82, 2.24) is 0 Å². The van der Waals surface area contributed by atoms with Crippen LogP contribution in [0.3, 0.4) is 0 Å². The minimum atomic E-state index is -0.269. The van der Waals surface area contributed by atoms with Gasteiger partial charge >= 0.3 is 7.12 Å². The predicted octanol–water partition coefficient (Wildman–Crippen LogP) is 2.53. The van der Waals surface area contributed by atoms with Gasteiger partial charge in [0, 0.05) is 29.6 Å². The summed E-state index contributed by atoms with van der Waals surface area (Å²) in [6.07, 6.45) is -0.269. The Morgan fingerprint density at radius 1 is 0.818 bits per heavy atom. The summed E-state index contributed by atoms with van der Waals surface area (Å²) in [5.41, 5.74) is 2.26. The van der Waals surface area contributed by atoms with Gasteiger partial charge in [0.2, 0.25) is 0 Å². The zero-order chi connectivity index (χ0) is 15.8. The van der Waals surface area contributed by atoms with Crippen LogP contribution in [-0.2, 0) is 18.8 Å². The van der Waals surface area contributed by atoms with E-state index in [-0.39, 0.29) is 24.2 Å². The maximum absolute atomic E-state index is 5.81. The van der Waals surface area contributed by atoms with Crippen molar-refractivity contribution in [2.75, 3.05) is 26.4 Å². The molecule has 2 saturated heterocycles. The molecule has 0 bridgehead atoms. The lowest BCUT2D eigenvalue weighted by molar-refractivity contribution is -0.226. The van der Waals surface area contributed by atoms with Gasteiger partial charge in [0.1, 0.15) is 0 Å². The zero-order valence-electron chi connectivity index (χ0n) is 13.9. The van der Waals surface area contributed by atoms with Gasteiger partial charge in [-0.15, -0.1) is 0 Å². The molecular weight excluding hydrogens is 279 g/mol. The SMILES string of the molecule is CC1(C)COB(c2ccc(C3OCC(C)(C)CO3)cc2)OC1. The lowest BCUT2D eigenvalue weighted by Crippen LogP contribution is -2.47. The molecule has 120 valence electrons. The molecule has 5 heteroatoms. The van der Waals surface area contributed by atoms with Crippen molar-refractivity contribution in [3.63, 3.8) is 0 Å². The summed E-state index contributed by atoms with van der Waals surface area (Å²) >= 11 is 0.